The first kappa shape index (κ1) is 11.6. The third-order valence-electron chi connectivity index (χ3n) is 3.21. The van der Waals surface area contributed by atoms with E-state index in [2.05, 4.69) is 4.90 Å². The van der Waals surface area contributed by atoms with Gasteiger partial charge >= 0.3 is 0 Å². The van der Waals surface area contributed by atoms with Crippen molar-refractivity contribution in [3.63, 3.8) is 0 Å². The number of aliphatic hydroxyl groups excluding tert-OH is 1. The molecule has 3 N–H and O–H groups in total. The summed E-state index contributed by atoms with van der Waals surface area (Å²) < 4.78 is 0. The second-order valence-electron chi connectivity index (χ2n) is 4.29. The SMILES string of the molecule is Nc1cccc(Cl)c1N1CCC(CO)CC1. The quantitative estimate of drug-likeness (QED) is 0.779. The number of nitrogen functional groups attached to an aromatic ring is 1. The predicted molar refractivity (Wildman–Crippen MR) is 67.9 cm³/mol. The highest BCUT2D eigenvalue weighted by atomic mass is 35.5. The molecule has 0 atom stereocenters. The van der Waals surface area contributed by atoms with Crippen molar-refractivity contribution in [3.05, 3.63) is 23.2 Å². The van der Waals surface area contributed by atoms with E-state index in [1.54, 1.807) is 0 Å². The maximum atomic E-state index is 9.09. The first-order chi connectivity index (χ1) is 7.72. The molecule has 4 heteroatoms. The van der Waals surface area contributed by atoms with Gasteiger partial charge in [-0.2, -0.15) is 0 Å². The number of hydrogen-bond acceptors (Lipinski definition) is 3. The Bertz CT molecular complexity index is 342. The molecule has 0 aliphatic carbocycles. The van der Waals surface area contributed by atoms with Gasteiger partial charge in [-0.15, -0.1) is 0 Å². The topological polar surface area (TPSA) is 49.5 Å². The van der Waals surface area contributed by atoms with Gasteiger partial charge in [0.25, 0.3) is 0 Å². The number of benzene rings is 1. The average Bonchev–Trinajstić information content (AvgIpc) is 2.30. The first-order valence-electron chi connectivity index (χ1n) is 5.62. The molecule has 1 aromatic rings. The summed E-state index contributed by atoms with van der Waals surface area (Å²) in [4.78, 5) is 2.21. The van der Waals surface area contributed by atoms with Crippen LogP contribution in [0.5, 0.6) is 0 Å². The minimum atomic E-state index is 0.284. The van der Waals surface area contributed by atoms with Gasteiger partial charge in [0.15, 0.2) is 0 Å². The molecule has 0 unspecified atom stereocenters. The third kappa shape index (κ3) is 2.25. The molecular formula is C12H17ClN2O. The standard InChI is InChI=1S/C12H17ClN2O/c13-10-2-1-3-11(14)12(10)15-6-4-9(8-16)5-7-15/h1-3,9,16H,4-8,14H2. The van der Waals surface area contributed by atoms with Crippen LogP contribution in [-0.2, 0) is 0 Å². The number of nitrogens with zero attached hydrogens (tertiary/aromatic N) is 1. The second kappa shape index (κ2) is 4.93. The molecule has 1 fully saturated rings. The van der Waals surface area contributed by atoms with Crippen molar-refractivity contribution in [1.82, 2.24) is 0 Å². The Labute approximate surface area is 101 Å². The number of anilines is 2. The van der Waals surface area contributed by atoms with Crippen molar-refractivity contribution >= 4 is 23.0 Å². The largest absolute Gasteiger partial charge is 0.397 e. The van der Waals surface area contributed by atoms with E-state index < -0.39 is 0 Å². The van der Waals surface area contributed by atoms with Crippen molar-refractivity contribution < 1.29 is 5.11 Å². The van der Waals surface area contributed by atoms with Gasteiger partial charge in [-0.1, -0.05) is 17.7 Å². The summed E-state index contributed by atoms with van der Waals surface area (Å²) in [5, 5.41) is 9.80. The second-order valence-corrected chi connectivity index (χ2v) is 4.70. The Balaban J connectivity index is 2.14. The van der Waals surface area contributed by atoms with Crippen molar-refractivity contribution in [3.8, 4) is 0 Å². The van der Waals surface area contributed by atoms with Crippen LogP contribution in [0.15, 0.2) is 18.2 Å². The number of rotatable bonds is 2. The predicted octanol–water partition coefficient (Wildman–Crippen LogP) is 2.13. The van der Waals surface area contributed by atoms with E-state index in [-0.39, 0.29) is 6.61 Å². The molecule has 1 saturated heterocycles. The lowest BCUT2D eigenvalue weighted by Crippen LogP contribution is -2.35. The van der Waals surface area contributed by atoms with Crippen LogP contribution in [0.4, 0.5) is 11.4 Å². The van der Waals surface area contributed by atoms with Crippen LogP contribution in [-0.4, -0.2) is 24.8 Å². The zero-order valence-electron chi connectivity index (χ0n) is 9.19. The van der Waals surface area contributed by atoms with Crippen LogP contribution in [0.1, 0.15) is 12.8 Å². The van der Waals surface area contributed by atoms with Crippen LogP contribution < -0.4 is 10.6 Å². The molecule has 88 valence electrons. The fraction of sp³-hybridized carbons (Fsp3) is 0.500. The van der Waals surface area contributed by atoms with Crippen molar-refractivity contribution in [1.29, 1.82) is 0 Å². The molecule has 1 aromatic carbocycles. The minimum absolute atomic E-state index is 0.284. The van der Waals surface area contributed by atoms with E-state index in [4.69, 9.17) is 22.4 Å². The van der Waals surface area contributed by atoms with E-state index in [0.29, 0.717) is 10.9 Å². The first-order valence-corrected chi connectivity index (χ1v) is 6.00. The van der Waals surface area contributed by atoms with Crippen LogP contribution in [0, 0.1) is 5.92 Å². The molecule has 1 heterocycles. The molecule has 0 aromatic heterocycles. The molecular weight excluding hydrogens is 224 g/mol. The Hall–Kier alpha value is -0.930. The highest BCUT2D eigenvalue weighted by Crippen LogP contribution is 2.34. The summed E-state index contributed by atoms with van der Waals surface area (Å²) in [6.45, 7) is 2.12. The van der Waals surface area contributed by atoms with E-state index in [0.717, 1.165) is 37.3 Å². The van der Waals surface area contributed by atoms with Gasteiger partial charge < -0.3 is 15.7 Å². The Morgan fingerprint density at radius 3 is 2.62 bits per heavy atom. The van der Waals surface area contributed by atoms with Gasteiger partial charge in [0.1, 0.15) is 0 Å². The Kier molecular flexibility index (Phi) is 3.56. The van der Waals surface area contributed by atoms with Crippen LogP contribution in [0.25, 0.3) is 0 Å². The Morgan fingerprint density at radius 2 is 2.06 bits per heavy atom. The fourth-order valence-corrected chi connectivity index (χ4v) is 2.51. The number of nitrogens with two attached hydrogens (primary N) is 1. The summed E-state index contributed by atoms with van der Waals surface area (Å²) in [6, 6.07) is 5.60. The number of piperidine rings is 1. The van der Waals surface area contributed by atoms with Gasteiger partial charge in [0.2, 0.25) is 0 Å². The normalized spacial score (nSPS) is 17.8. The smallest absolute Gasteiger partial charge is 0.0789 e. The molecule has 0 spiro atoms. The number of para-hydroxylation sites is 1. The van der Waals surface area contributed by atoms with Gasteiger partial charge in [0, 0.05) is 19.7 Å². The molecule has 3 nitrogen and oxygen atoms in total. The van der Waals surface area contributed by atoms with Crippen molar-refractivity contribution in [2.24, 2.45) is 5.92 Å². The van der Waals surface area contributed by atoms with Gasteiger partial charge in [-0.25, -0.2) is 0 Å². The van der Waals surface area contributed by atoms with Crippen LogP contribution >= 0.6 is 11.6 Å². The highest BCUT2D eigenvalue weighted by Gasteiger charge is 2.21. The number of aliphatic hydroxyl groups is 1. The van der Waals surface area contributed by atoms with Gasteiger partial charge in [0.05, 0.1) is 16.4 Å². The maximum absolute atomic E-state index is 9.09. The Morgan fingerprint density at radius 1 is 1.38 bits per heavy atom. The summed E-state index contributed by atoms with van der Waals surface area (Å²) in [6.07, 6.45) is 2.00. The van der Waals surface area contributed by atoms with Gasteiger partial charge in [-0.3, -0.25) is 0 Å². The molecule has 0 bridgehead atoms. The summed E-state index contributed by atoms with van der Waals surface area (Å²) in [7, 11) is 0. The molecule has 0 saturated carbocycles. The number of hydrogen-bond donors (Lipinski definition) is 2. The molecule has 1 aliphatic heterocycles. The number of halogens is 1. The monoisotopic (exact) mass is 240 g/mol. The average molecular weight is 241 g/mol. The molecule has 2 rings (SSSR count). The van der Waals surface area contributed by atoms with Crippen LogP contribution in [0.2, 0.25) is 5.02 Å². The summed E-state index contributed by atoms with van der Waals surface area (Å²) >= 11 is 6.16. The molecule has 16 heavy (non-hydrogen) atoms. The molecule has 0 amide bonds. The van der Waals surface area contributed by atoms with E-state index in [9.17, 15) is 0 Å². The van der Waals surface area contributed by atoms with E-state index in [1.807, 2.05) is 18.2 Å². The van der Waals surface area contributed by atoms with Crippen molar-refractivity contribution in [2.45, 2.75) is 12.8 Å². The summed E-state index contributed by atoms with van der Waals surface area (Å²) in [5.74, 6) is 0.431. The zero-order valence-corrected chi connectivity index (χ0v) is 9.95. The summed E-state index contributed by atoms with van der Waals surface area (Å²) in [5.41, 5.74) is 7.62. The van der Waals surface area contributed by atoms with E-state index >= 15 is 0 Å². The van der Waals surface area contributed by atoms with Gasteiger partial charge in [-0.05, 0) is 30.9 Å². The lowest BCUT2D eigenvalue weighted by molar-refractivity contribution is 0.203. The lowest BCUT2D eigenvalue weighted by Gasteiger charge is -2.34. The lowest BCUT2D eigenvalue weighted by atomic mass is 9.97. The van der Waals surface area contributed by atoms with E-state index in [1.165, 1.54) is 0 Å². The highest BCUT2D eigenvalue weighted by molar-refractivity contribution is 6.34. The van der Waals surface area contributed by atoms with Crippen molar-refractivity contribution in [2.75, 3.05) is 30.3 Å². The maximum Gasteiger partial charge on any atom is 0.0789 e. The molecule has 0 radical (unpaired) electrons. The molecule has 1 aliphatic rings. The minimum Gasteiger partial charge on any atom is -0.397 e. The van der Waals surface area contributed by atoms with Crippen LogP contribution in [0.3, 0.4) is 0 Å². The third-order valence-corrected chi connectivity index (χ3v) is 3.51. The zero-order chi connectivity index (χ0) is 11.5. The fourth-order valence-electron chi connectivity index (χ4n) is 2.20.